The number of hydrogen-bond acceptors (Lipinski definition) is 11. The van der Waals surface area contributed by atoms with Crippen molar-refractivity contribution in [3.8, 4) is 0 Å². The summed E-state index contributed by atoms with van der Waals surface area (Å²) >= 11 is 0. The van der Waals surface area contributed by atoms with Crippen LogP contribution in [-0.4, -0.2) is 111 Å². The molecule has 4 aliphatic heterocycles. The van der Waals surface area contributed by atoms with Crippen molar-refractivity contribution >= 4 is 16.9 Å². The van der Waals surface area contributed by atoms with Crippen molar-refractivity contribution in [3.63, 3.8) is 0 Å². The number of hydroxylamine groups is 3. The smallest absolute Gasteiger partial charge is 0.337 e. The Kier molecular flexibility index (Phi) is 7.14. The number of nitrogens with one attached hydrogen (secondary N) is 1. The largest absolute Gasteiger partial charge is 0.632 e. The van der Waals surface area contributed by atoms with Crippen LogP contribution in [-0.2, 0) is 30.2 Å². The Morgan fingerprint density at radius 2 is 1.93 bits per heavy atom. The van der Waals surface area contributed by atoms with Crippen LogP contribution in [0.15, 0.2) is 36.1 Å². The third-order valence-electron chi connectivity index (χ3n) is 8.95. The quantitative estimate of drug-likeness (QED) is 0.157. The molecule has 2 aromatic rings. The minimum absolute atomic E-state index is 0.136. The highest BCUT2D eigenvalue weighted by atomic mass is 16.8. The van der Waals surface area contributed by atoms with Gasteiger partial charge in [0.05, 0.1) is 43.7 Å². The summed E-state index contributed by atoms with van der Waals surface area (Å²) in [6.07, 6.45) is -8.45. The van der Waals surface area contributed by atoms with Gasteiger partial charge in [0.25, 0.3) is 0 Å². The van der Waals surface area contributed by atoms with E-state index in [1.807, 2.05) is 24.3 Å². The van der Waals surface area contributed by atoms with Gasteiger partial charge in [0.15, 0.2) is 6.29 Å². The number of nitrogens with zero attached hydrogens (tertiary/aromatic N) is 1. The molecule has 2 fully saturated rings. The minimum Gasteiger partial charge on any atom is -0.632 e. The number of aromatic amines is 1. The molecule has 4 aliphatic rings. The van der Waals surface area contributed by atoms with E-state index in [4.69, 9.17) is 18.9 Å². The van der Waals surface area contributed by atoms with Gasteiger partial charge in [0.2, 0.25) is 6.29 Å². The molecule has 6 N–H and O–H groups in total. The lowest BCUT2D eigenvalue weighted by atomic mass is 9.77. The molecular weight excluding hydrogens is 528 g/mol. The minimum atomic E-state index is -1.70. The highest BCUT2D eigenvalue weighted by molar-refractivity contribution is 5.89. The second kappa shape index (κ2) is 10.4. The number of para-hydroxylation sites is 1. The molecule has 0 spiro atoms. The van der Waals surface area contributed by atoms with Crippen LogP contribution in [0.3, 0.4) is 0 Å². The van der Waals surface area contributed by atoms with Gasteiger partial charge < -0.3 is 59.3 Å². The van der Waals surface area contributed by atoms with E-state index in [1.54, 1.807) is 0 Å². The monoisotopic (exact) mass is 562 g/mol. The van der Waals surface area contributed by atoms with Gasteiger partial charge in [-0.1, -0.05) is 18.2 Å². The Balaban J connectivity index is 1.37. The molecule has 13 heteroatoms. The summed E-state index contributed by atoms with van der Waals surface area (Å²) in [5.74, 6) is -2.36. The Morgan fingerprint density at radius 1 is 1.15 bits per heavy atom. The molecular formula is C27H34N2O11. The van der Waals surface area contributed by atoms with E-state index in [0.717, 1.165) is 22.2 Å². The summed E-state index contributed by atoms with van der Waals surface area (Å²) in [5, 5.41) is 67.3. The molecule has 1 aromatic heterocycles. The van der Waals surface area contributed by atoms with Crippen molar-refractivity contribution in [1.29, 1.82) is 0 Å². The van der Waals surface area contributed by atoms with E-state index >= 15 is 0 Å². The summed E-state index contributed by atoms with van der Waals surface area (Å²) in [7, 11) is 1.23. The number of esters is 1. The zero-order chi connectivity index (χ0) is 28.3. The summed E-state index contributed by atoms with van der Waals surface area (Å²) < 4.78 is 21.4. The van der Waals surface area contributed by atoms with Crippen molar-refractivity contribution < 1.29 is 53.9 Å². The predicted molar refractivity (Wildman–Crippen MR) is 136 cm³/mol. The van der Waals surface area contributed by atoms with Gasteiger partial charge in [-0.05, 0) is 11.6 Å². The molecule has 40 heavy (non-hydrogen) atoms. The Morgan fingerprint density at radius 3 is 2.67 bits per heavy atom. The number of ether oxygens (including phenoxy) is 4. The lowest BCUT2D eigenvalue weighted by molar-refractivity contribution is -0.916. The molecule has 0 aliphatic carbocycles. The molecule has 0 bridgehead atoms. The fraction of sp³-hybridized carbons (Fsp3) is 0.593. The summed E-state index contributed by atoms with van der Waals surface area (Å²) in [6, 6.07) is 7.17. The average Bonchev–Trinajstić information content (AvgIpc) is 3.27. The van der Waals surface area contributed by atoms with Crippen LogP contribution in [0.1, 0.15) is 23.7 Å². The van der Waals surface area contributed by atoms with Crippen LogP contribution in [0.2, 0.25) is 0 Å². The number of aliphatic hydroxyl groups is 5. The van der Waals surface area contributed by atoms with Gasteiger partial charge in [0.1, 0.15) is 43.1 Å². The van der Waals surface area contributed by atoms with E-state index in [9.17, 15) is 35.5 Å². The first-order valence-corrected chi connectivity index (χ1v) is 13.4. The number of rotatable bonds is 4. The molecule has 0 saturated carbocycles. The molecule has 2 saturated heterocycles. The van der Waals surface area contributed by atoms with Crippen LogP contribution in [0.4, 0.5) is 0 Å². The van der Waals surface area contributed by atoms with Crippen LogP contribution in [0.5, 0.6) is 0 Å². The zero-order valence-electron chi connectivity index (χ0n) is 21.8. The normalized spacial score (nSPS) is 41.1. The highest BCUT2D eigenvalue weighted by Crippen LogP contribution is 2.50. The maximum atomic E-state index is 14.4. The third-order valence-corrected chi connectivity index (χ3v) is 8.95. The van der Waals surface area contributed by atoms with Gasteiger partial charge >= 0.3 is 5.97 Å². The summed E-state index contributed by atoms with van der Waals surface area (Å²) in [5.41, 5.74) is 2.86. The second-order valence-electron chi connectivity index (χ2n) is 11.1. The maximum absolute atomic E-state index is 14.4. The molecule has 11 atom stereocenters. The number of fused-ring (bicyclic) bond motifs is 6. The highest BCUT2D eigenvalue weighted by Gasteiger charge is 2.55. The number of carbonyl (C=O) groups is 1. The van der Waals surface area contributed by atoms with Crippen molar-refractivity contribution in [2.75, 3.05) is 26.8 Å². The molecule has 0 amide bonds. The van der Waals surface area contributed by atoms with Gasteiger partial charge in [-0.15, -0.1) is 0 Å². The van der Waals surface area contributed by atoms with Crippen LogP contribution in [0.25, 0.3) is 10.9 Å². The number of H-pyrrole nitrogens is 1. The lowest BCUT2D eigenvalue weighted by Crippen LogP contribution is -2.60. The van der Waals surface area contributed by atoms with E-state index in [2.05, 4.69) is 4.98 Å². The van der Waals surface area contributed by atoms with Gasteiger partial charge in [-0.3, -0.25) is 0 Å². The van der Waals surface area contributed by atoms with Crippen molar-refractivity contribution in [2.24, 2.45) is 11.8 Å². The Bertz CT molecular complexity index is 1300. The van der Waals surface area contributed by atoms with Gasteiger partial charge in [-0.25, -0.2) is 4.79 Å². The van der Waals surface area contributed by atoms with Crippen molar-refractivity contribution in [2.45, 2.75) is 62.0 Å². The number of aromatic nitrogens is 1. The molecule has 13 nitrogen and oxygen atoms in total. The molecule has 218 valence electrons. The average molecular weight is 563 g/mol. The lowest BCUT2D eigenvalue weighted by Gasteiger charge is -2.51. The molecule has 1 aromatic carbocycles. The molecule has 5 heterocycles. The number of carbonyl (C=O) groups excluding carboxylic acids is 1. The fourth-order valence-corrected chi connectivity index (χ4v) is 6.88. The first kappa shape index (κ1) is 27.6. The second-order valence-corrected chi connectivity index (χ2v) is 11.1. The van der Waals surface area contributed by atoms with E-state index in [-0.39, 0.29) is 25.1 Å². The number of aliphatic hydroxyl groups excluding tert-OH is 5. The number of benzene rings is 1. The topological polar surface area (TPSA) is 194 Å². The summed E-state index contributed by atoms with van der Waals surface area (Å²) in [4.78, 5) is 16.3. The number of quaternary nitrogens is 1. The van der Waals surface area contributed by atoms with Crippen molar-refractivity contribution in [3.05, 3.63) is 52.6 Å². The molecule has 6 rings (SSSR count). The van der Waals surface area contributed by atoms with Crippen LogP contribution in [0, 0.1) is 17.0 Å². The predicted octanol–water partition coefficient (Wildman–Crippen LogP) is -0.694. The standard InChI is InChI=1S/C27H34N2O11/c1-37-25(35)15-11-38-26(40-27-24(34)23(33)22(32)19(10-30)39-27)20-14(15)8-17-21-13(6-7-29(17,36)9-18(20)31)12-4-2-3-5-16(12)28-21/h2-5,11,14,17-20,22-24,26-28,30-34H,6-10H2,1H3/t14-,17+,18-,19-,20+,22-,23+,24-,26+,27+,29?/m1/s1. The van der Waals surface area contributed by atoms with E-state index in [0.29, 0.717) is 6.42 Å². The SMILES string of the molecule is COC(=O)C1=CO[C@@H](O[C@@H]2O[C@H](CO)[C@@H](O)[C@H](O)[C@H]2O)[C@@H]2[C@H](O)C[N+]3([O-])CCc4c([nH]c5ccccc45)[C@@H]3C[C@H]12. The third kappa shape index (κ3) is 4.33. The van der Waals surface area contributed by atoms with Gasteiger partial charge in [-0.2, -0.15) is 0 Å². The van der Waals surface area contributed by atoms with E-state index < -0.39 is 78.2 Å². The number of methoxy groups -OCH3 is 1. The molecule has 1 unspecified atom stereocenters. The maximum Gasteiger partial charge on any atom is 0.337 e. The fourth-order valence-electron chi connectivity index (χ4n) is 6.88. The number of hydrogen-bond donors (Lipinski definition) is 6. The first-order chi connectivity index (χ1) is 19.2. The molecule has 0 radical (unpaired) electrons. The Hall–Kier alpha value is -2.59. The first-order valence-electron chi connectivity index (χ1n) is 13.4. The zero-order valence-corrected chi connectivity index (χ0v) is 21.8. The van der Waals surface area contributed by atoms with Crippen LogP contribution < -0.4 is 0 Å². The van der Waals surface area contributed by atoms with Crippen molar-refractivity contribution in [1.82, 2.24) is 4.98 Å². The summed E-state index contributed by atoms with van der Waals surface area (Å²) in [6.45, 7) is -0.624. The van der Waals surface area contributed by atoms with E-state index in [1.165, 1.54) is 13.4 Å². The van der Waals surface area contributed by atoms with Crippen LogP contribution >= 0.6 is 0 Å². The Labute approximate surface area is 229 Å². The van der Waals surface area contributed by atoms with Gasteiger partial charge in [0, 0.05) is 29.7 Å².